The number of aromatic nitrogens is 4. The number of rotatable bonds is 6. The SMILES string of the molecule is c1cc(-c2nc(-c3ccc4c(c3)oc3ccccc34)c3ccccc3n2)c2c(c1)ccc1c3ccccc3oc12.c1ccc(-c2ccc(-c3cccc(-c4nc(-c5cccc6ccc7c8ccccc8oc7c56)nc5ccccc45)c3)cc2)cc1. The van der Waals surface area contributed by atoms with Crippen LogP contribution in [0.2, 0.25) is 0 Å². The van der Waals surface area contributed by atoms with Crippen molar-refractivity contribution in [2.45, 2.75) is 0 Å². The van der Waals surface area contributed by atoms with Crippen LogP contribution < -0.4 is 0 Å². The van der Waals surface area contributed by atoms with Gasteiger partial charge in [0.2, 0.25) is 0 Å². The number of nitrogens with zero attached hydrogens (tertiary/aromatic N) is 4. The maximum atomic E-state index is 6.48. The molecule has 18 rings (SSSR count). The van der Waals surface area contributed by atoms with Gasteiger partial charge in [0, 0.05) is 76.1 Å². The van der Waals surface area contributed by atoms with Crippen molar-refractivity contribution >= 4 is 109 Å². The maximum Gasteiger partial charge on any atom is 0.161 e. The summed E-state index contributed by atoms with van der Waals surface area (Å²) in [5.41, 5.74) is 17.4. The molecular weight excluding hydrogens is 1040 g/mol. The van der Waals surface area contributed by atoms with Crippen molar-refractivity contribution in [2.75, 3.05) is 0 Å². The molecule has 0 aliphatic rings. The van der Waals surface area contributed by atoms with Gasteiger partial charge >= 0.3 is 0 Å². The van der Waals surface area contributed by atoms with Gasteiger partial charge in [0.15, 0.2) is 11.6 Å². The minimum absolute atomic E-state index is 0.664. The second kappa shape index (κ2) is 19.6. The van der Waals surface area contributed by atoms with Crippen LogP contribution in [0, 0.1) is 0 Å². The molecule has 0 fully saturated rings. The highest BCUT2D eigenvalue weighted by atomic mass is 16.3. The summed E-state index contributed by atoms with van der Waals surface area (Å²) in [5, 5.41) is 12.9. The maximum absolute atomic E-state index is 6.48. The van der Waals surface area contributed by atoms with Gasteiger partial charge in [-0.05, 0) is 93.7 Å². The second-order valence-corrected chi connectivity index (χ2v) is 21.5. The first kappa shape index (κ1) is 48.2. The number of hydrogen-bond donors (Lipinski definition) is 0. The standard InChI is InChI=1S/C42H26N2O.C36H20N2O2/c1-2-10-27(11-3-1)28-20-22-29(23-21-28)31-13-8-14-32(26-31)40-35-16-4-6-18-37(35)43-42(44-40)36-17-9-12-30-24-25-34-33-15-5-7-19-38(33)45-41(34)39(30)36;1-4-13-29-27(11-1)34(22-17-18-25-23-9-2-5-14-30(23)39-32(25)20-22)38-36(37-29)28-12-7-8-21-16-19-26-24-10-3-6-15-31(24)40-35(26)33(21)28/h1-26H;1-20H. The quantitative estimate of drug-likeness (QED) is 0.164. The predicted molar refractivity (Wildman–Crippen MR) is 349 cm³/mol. The highest BCUT2D eigenvalue weighted by molar-refractivity contribution is 6.20. The van der Waals surface area contributed by atoms with E-state index in [9.17, 15) is 0 Å². The van der Waals surface area contributed by atoms with E-state index < -0.39 is 0 Å². The van der Waals surface area contributed by atoms with E-state index in [-0.39, 0.29) is 0 Å². The Morgan fingerprint density at radius 1 is 0.224 bits per heavy atom. The Morgan fingerprint density at radius 2 is 0.612 bits per heavy atom. The molecule has 7 nitrogen and oxygen atoms in total. The zero-order valence-electron chi connectivity index (χ0n) is 45.6. The van der Waals surface area contributed by atoms with Gasteiger partial charge in [0.05, 0.1) is 22.4 Å². The van der Waals surface area contributed by atoms with Crippen LogP contribution in [0.25, 0.3) is 177 Å². The fourth-order valence-corrected chi connectivity index (χ4v) is 12.5. The van der Waals surface area contributed by atoms with Crippen LogP contribution in [-0.4, -0.2) is 19.9 Å². The summed E-state index contributed by atoms with van der Waals surface area (Å²) in [5.74, 6) is 1.34. The Morgan fingerprint density at radius 3 is 1.18 bits per heavy atom. The number of hydrogen-bond acceptors (Lipinski definition) is 7. The van der Waals surface area contributed by atoms with E-state index in [1.165, 1.54) is 11.1 Å². The van der Waals surface area contributed by atoms with Gasteiger partial charge in [-0.25, -0.2) is 19.9 Å². The topological polar surface area (TPSA) is 91.0 Å². The van der Waals surface area contributed by atoms with Gasteiger partial charge in [-0.3, -0.25) is 0 Å². The van der Waals surface area contributed by atoms with E-state index in [0.717, 1.165) is 154 Å². The van der Waals surface area contributed by atoms with Crippen molar-refractivity contribution in [2.24, 2.45) is 0 Å². The summed E-state index contributed by atoms with van der Waals surface area (Å²) in [7, 11) is 0. The molecule has 5 aromatic heterocycles. The molecule has 85 heavy (non-hydrogen) atoms. The van der Waals surface area contributed by atoms with Crippen LogP contribution in [0.15, 0.2) is 292 Å². The zero-order chi connectivity index (χ0) is 56.0. The molecule has 0 saturated heterocycles. The van der Waals surface area contributed by atoms with Crippen LogP contribution in [-0.2, 0) is 0 Å². The van der Waals surface area contributed by atoms with Gasteiger partial charge in [0.1, 0.15) is 33.5 Å². The molecule has 0 spiro atoms. The highest BCUT2D eigenvalue weighted by Gasteiger charge is 2.21. The molecule has 7 heteroatoms. The fourth-order valence-electron chi connectivity index (χ4n) is 12.5. The molecule has 5 heterocycles. The summed E-state index contributed by atoms with van der Waals surface area (Å²) < 4.78 is 19.1. The third-order valence-electron chi connectivity index (χ3n) is 16.6. The first-order chi connectivity index (χ1) is 42.1. The van der Waals surface area contributed by atoms with Gasteiger partial charge in [-0.15, -0.1) is 0 Å². The number of para-hydroxylation sites is 5. The Hall–Kier alpha value is -11.5. The first-order valence-electron chi connectivity index (χ1n) is 28.5. The van der Waals surface area contributed by atoms with Crippen LogP contribution in [0.5, 0.6) is 0 Å². The van der Waals surface area contributed by atoms with Gasteiger partial charge in [-0.1, -0.05) is 218 Å². The van der Waals surface area contributed by atoms with E-state index in [1.807, 2.05) is 78.9 Å². The molecule has 0 saturated carbocycles. The van der Waals surface area contributed by atoms with Crippen molar-refractivity contribution in [1.82, 2.24) is 19.9 Å². The molecule has 396 valence electrons. The Bertz CT molecular complexity index is 5680. The minimum atomic E-state index is 0.664. The van der Waals surface area contributed by atoms with Crippen LogP contribution in [0.4, 0.5) is 0 Å². The Balaban J connectivity index is 0.000000134. The van der Waals surface area contributed by atoms with Gasteiger partial charge < -0.3 is 13.3 Å². The van der Waals surface area contributed by atoms with Gasteiger partial charge in [-0.2, -0.15) is 0 Å². The average molecular weight is 1090 g/mol. The lowest BCUT2D eigenvalue weighted by molar-refractivity contribution is 0.669. The second-order valence-electron chi connectivity index (χ2n) is 21.5. The lowest BCUT2D eigenvalue weighted by Crippen LogP contribution is -1.96. The highest BCUT2D eigenvalue weighted by Crippen LogP contribution is 2.43. The number of fused-ring (bicyclic) bond motifs is 15. The van der Waals surface area contributed by atoms with E-state index in [1.54, 1.807) is 0 Å². The molecule has 0 unspecified atom stereocenters. The third-order valence-corrected chi connectivity index (χ3v) is 16.6. The predicted octanol–water partition coefficient (Wildman–Crippen LogP) is 21.3. The Labute approximate surface area is 486 Å². The summed E-state index contributed by atoms with van der Waals surface area (Å²) in [6, 6.07) is 96.4. The minimum Gasteiger partial charge on any atom is -0.456 e. The third kappa shape index (κ3) is 8.12. The van der Waals surface area contributed by atoms with E-state index in [0.29, 0.717) is 11.6 Å². The molecule has 0 radical (unpaired) electrons. The van der Waals surface area contributed by atoms with Crippen LogP contribution in [0.3, 0.4) is 0 Å². The lowest BCUT2D eigenvalue weighted by atomic mass is 9.97. The lowest BCUT2D eigenvalue weighted by Gasteiger charge is -2.12. The van der Waals surface area contributed by atoms with Crippen molar-refractivity contribution < 1.29 is 13.3 Å². The van der Waals surface area contributed by atoms with Crippen LogP contribution in [0.1, 0.15) is 0 Å². The monoisotopic (exact) mass is 1090 g/mol. The normalized spacial score (nSPS) is 11.8. The molecule has 0 N–H and O–H groups in total. The summed E-state index contributed by atoms with van der Waals surface area (Å²) in [4.78, 5) is 20.7. The van der Waals surface area contributed by atoms with Crippen molar-refractivity contribution in [1.29, 1.82) is 0 Å². The molecule has 0 bridgehead atoms. The molecule has 0 atom stereocenters. The van der Waals surface area contributed by atoms with Crippen molar-refractivity contribution in [3.05, 3.63) is 279 Å². The summed E-state index contributed by atoms with van der Waals surface area (Å²) in [6.07, 6.45) is 0. The van der Waals surface area contributed by atoms with Gasteiger partial charge in [0.25, 0.3) is 0 Å². The smallest absolute Gasteiger partial charge is 0.161 e. The molecular formula is C78H46N4O3. The molecule has 0 aliphatic heterocycles. The van der Waals surface area contributed by atoms with Crippen molar-refractivity contribution in [3.8, 4) is 67.5 Å². The fraction of sp³-hybridized carbons (Fsp3) is 0. The molecule has 0 amide bonds. The first-order valence-corrected chi connectivity index (χ1v) is 28.5. The zero-order valence-corrected chi connectivity index (χ0v) is 45.6. The van der Waals surface area contributed by atoms with E-state index in [4.69, 9.17) is 33.2 Å². The van der Waals surface area contributed by atoms with Crippen molar-refractivity contribution in [3.63, 3.8) is 0 Å². The molecule has 13 aromatic carbocycles. The largest absolute Gasteiger partial charge is 0.456 e. The Kier molecular flexibility index (Phi) is 11.1. The summed E-state index contributed by atoms with van der Waals surface area (Å²) in [6.45, 7) is 0. The molecule has 18 aromatic rings. The average Bonchev–Trinajstić information content (AvgIpc) is 3.93. The van der Waals surface area contributed by atoms with E-state index in [2.05, 4.69) is 200 Å². The van der Waals surface area contributed by atoms with Crippen LogP contribution >= 0.6 is 0 Å². The number of benzene rings is 13. The molecule has 0 aliphatic carbocycles. The number of furan rings is 3. The summed E-state index contributed by atoms with van der Waals surface area (Å²) >= 11 is 0. The van der Waals surface area contributed by atoms with E-state index >= 15 is 0 Å².